The van der Waals surface area contributed by atoms with Gasteiger partial charge in [-0.1, -0.05) is 29.8 Å². The molecule has 6 heteroatoms. The topological polar surface area (TPSA) is 84.5 Å². The second-order valence-electron chi connectivity index (χ2n) is 3.88. The Bertz CT molecular complexity index is 528. The van der Waals surface area contributed by atoms with Gasteiger partial charge in [0.1, 0.15) is 11.8 Å². The summed E-state index contributed by atoms with van der Waals surface area (Å²) in [5.41, 5.74) is 5.83. The molecule has 0 spiro atoms. The van der Waals surface area contributed by atoms with Gasteiger partial charge in [-0.3, -0.25) is 9.59 Å². The second-order valence-corrected chi connectivity index (χ2v) is 4.29. The Morgan fingerprint density at radius 3 is 2.67 bits per heavy atom. The van der Waals surface area contributed by atoms with Crippen LogP contribution in [0.25, 0.3) is 0 Å². The van der Waals surface area contributed by atoms with E-state index in [0.717, 1.165) is 0 Å². The molecule has 0 aromatic heterocycles. The number of benzene rings is 1. The smallest absolute Gasteiger partial charge is 0.264 e. The van der Waals surface area contributed by atoms with Crippen LogP contribution in [-0.2, 0) is 9.59 Å². The molecular formula is C12H12ClN3O2. The fraction of sp³-hybridized carbons (Fsp3) is 0.250. The molecule has 0 aliphatic carbocycles. The number of nitrogens with zero attached hydrogens (tertiary/aromatic N) is 1. The SMILES string of the molecule is NCCC1=NC(=O)C(c2ccccc2Cl)C(=O)N1. The van der Waals surface area contributed by atoms with Crippen molar-refractivity contribution in [2.45, 2.75) is 12.3 Å². The van der Waals surface area contributed by atoms with Crippen molar-refractivity contribution in [3.8, 4) is 0 Å². The highest BCUT2D eigenvalue weighted by molar-refractivity contribution is 6.32. The van der Waals surface area contributed by atoms with E-state index < -0.39 is 17.7 Å². The number of rotatable bonds is 3. The van der Waals surface area contributed by atoms with E-state index in [1.54, 1.807) is 24.3 Å². The Balaban J connectivity index is 2.34. The molecule has 2 rings (SSSR count). The predicted molar refractivity (Wildman–Crippen MR) is 68.4 cm³/mol. The number of hydrogen-bond acceptors (Lipinski definition) is 3. The molecule has 18 heavy (non-hydrogen) atoms. The second kappa shape index (κ2) is 5.29. The van der Waals surface area contributed by atoms with E-state index in [-0.39, 0.29) is 0 Å². The maximum Gasteiger partial charge on any atom is 0.264 e. The minimum absolute atomic E-state index is 0.316. The monoisotopic (exact) mass is 265 g/mol. The zero-order chi connectivity index (χ0) is 13.1. The van der Waals surface area contributed by atoms with Crippen molar-refractivity contribution < 1.29 is 9.59 Å². The lowest BCUT2D eigenvalue weighted by molar-refractivity contribution is -0.129. The van der Waals surface area contributed by atoms with Gasteiger partial charge in [-0.15, -0.1) is 0 Å². The first-order valence-electron chi connectivity index (χ1n) is 5.50. The highest BCUT2D eigenvalue weighted by Crippen LogP contribution is 2.27. The molecule has 1 aromatic rings. The molecule has 1 atom stereocenters. The first-order valence-corrected chi connectivity index (χ1v) is 5.88. The Morgan fingerprint density at radius 1 is 1.33 bits per heavy atom. The Hall–Kier alpha value is -1.72. The Labute approximate surface area is 109 Å². The minimum Gasteiger partial charge on any atom is -0.330 e. The molecule has 5 nitrogen and oxygen atoms in total. The molecule has 0 fully saturated rings. The van der Waals surface area contributed by atoms with Crippen molar-refractivity contribution >= 4 is 29.3 Å². The van der Waals surface area contributed by atoms with Crippen LogP contribution in [0.15, 0.2) is 29.3 Å². The van der Waals surface area contributed by atoms with Gasteiger partial charge in [0.15, 0.2) is 0 Å². The third kappa shape index (κ3) is 2.42. The summed E-state index contributed by atoms with van der Waals surface area (Å²) in [6.07, 6.45) is 0.368. The molecule has 94 valence electrons. The zero-order valence-corrected chi connectivity index (χ0v) is 10.3. The molecule has 0 radical (unpaired) electrons. The number of nitrogens with two attached hydrogens (primary N) is 1. The van der Waals surface area contributed by atoms with Gasteiger partial charge in [-0.2, -0.15) is 4.99 Å². The van der Waals surface area contributed by atoms with Crippen LogP contribution in [0.4, 0.5) is 0 Å². The lowest BCUT2D eigenvalue weighted by Crippen LogP contribution is -2.43. The van der Waals surface area contributed by atoms with E-state index in [9.17, 15) is 9.59 Å². The van der Waals surface area contributed by atoms with Crippen molar-refractivity contribution in [2.24, 2.45) is 10.7 Å². The molecule has 1 aliphatic heterocycles. The highest BCUT2D eigenvalue weighted by atomic mass is 35.5. The largest absolute Gasteiger partial charge is 0.330 e. The molecule has 0 bridgehead atoms. The van der Waals surface area contributed by atoms with E-state index in [2.05, 4.69) is 10.3 Å². The average Bonchev–Trinajstić information content (AvgIpc) is 2.31. The first-order chi connectivity index (χ1) is 8.63. The predicted octanol–water partition coefficient (Wildman–Crippen LogP) is 0.827. The van der Waals surface area contributed by atoms with Crippen LogP contribution in [0.3, 0.4) is 0 Å². The minimum atomic E-state index is -0.972. The van der Waals surface area contributed by atoms with Crippen molar-refractivity contribution in [1.29, 1.82) is 0 Å². The molecule has 1 aliphatic rings. The number of carbonyl (C=O) groups is 2. The van der Waals surface area contributed by atoms with Crippen molar-refractivity contribution in [1.82, 2.24) is 5.32 Å². The van der Waals surface area contributed by atoms with Crippen LogP contribution >= 0.6 is 11.6 Å². The van der Waals surface area contributed by atoms with Crippen LogP contribution in [0.5, 0.6) is 0 Å². The van der Waals surface area contributed by atoms with Crippen LogP contribution in [-0.4, -0.2) is 24.2 Å². The van der Waals surface area contributed by atoms with Crippen molar-refractivity contribution in [3.05, 3.63) is 34.9 Å². The zero-order valence-electron chi connectivity index (χ0n) is 9.52. The summed E-state index contributed by atoms with van der Waals surface area (Å²) in [4.78, 5) is 27.7. The molecule has 3 N–H and O–H groups in total. The fourth-order valence-electron chi connectivity index (χ4n) is 1.79. The van der Waals surface area contributed by atoms with Gasteiger partial charge in [0.25, 0.3) is 5.91 Å². The van der Waals surface area contributed by atoms with Gasteiger partial charge in [0.05, 0.1) is 0 Å². The average molecular weight is 266 g/mol. The fourth-order valence-corrected chi connectivity index (χ4v) is 2.04. The summed E-state index contributed by atoms with van der Waals surface area (Å²) >= 11 is 5.99. The maximum atomic E-state index is 11.9. The lowest BCUT2D eigenvalue weighted by Gasteiger charge is -2.20. The van der Waals surface area contributed by atoms with Crippen LogP contribution < -0.4 is 11.1 Å². The summed E-state index contributed by atoms with van der Waals surface area (Å²) in [5, 5.41) is 2.95. The third-order valence-corrected chi connectivity index (χ3v) is 2.96. The molecule has 1 unspecified atom stereocenters. The van der Waals surface area contributed by atoms with E-state index in [1.165, 1.54) is 0 Å². The molecule has 2 amide bonds. The highest BCUT2D eigenvalue weighted by Gasteiger charge is 2.34. The van der Waals surface area contributed by atoms with Crippen LogP contribution in [0, 0.1) is 0 Å². The summed E-state index contributed by atoms with van der Waals surface area (Å²) in [6.45, 7) is 0.323. The molecule has 1 aromatic carbocycles. The standard InChI is InChI=1S/C12H12ClN3O2/c13-8-4-2-1-3-7(8)10-11(17)15-9(5-6-14)16-12(10)18/h1-4,10H,5-6,14H2,(H,15,16,17,18). The van der Waals surface area contributed by atoms with Crippen LogP contribution in [0.1, 0.15) is 17.9 Å². The summed E-state index contributed by atoms with van der Waals surface area (Å²) in [7, 11) is 0. The number of amidine groups is 1. The first kappa shape index (κ1) is 12.7. The van der Waals surface area contributed by atoms with Crippen molar-refractivity contribution in [3.63, 3.8) is 0 Å². The van der Waals surface area contributed by atoms with Gasteiger partial charge in [0, 0.05) is 11.4 Å². The lowest BCUT2D eigenvalue weighted by atomic mass is 9.96. The third-order valence-electron chi connectivity index (χ3n) is 2.62. The number of aliphatic imine (C=N–C) groups is 1. The molecule has 0 saturated carbocycles. The Kier molecular flexibility index (Phi) is 3.74. The van der Waals surface area contributed by atoms with E-state index >= 15 is 0 Å². The van der Waals surface area contributed by atoms with Crippen LogP contribution in [0.2, 0.25) is 5.02 Å². The summed E-state index contributed by atoms with van der Waals surface area (Å²) < 4.78 is 0. The van der Waals surface area contributed by atoms with E-state index in [4.69, 9.17) is 17.3 Å². The number of hydrogen-bond donors (Lipinski definition) is 2. The van der Waals surface area contributed by atoms with Gasteiger partial charge < -0.3 is 11.1 Å². The Morgan fingerprint density at radius 2 is 2.06 bits per heavy atom. The number of nitrogens with one attached hydrogen (secondary N) is 1. The van der Waals surface area contributed by atoms with E-state index in [0.29, 0.717) is 29.4 Å². The van der Waals surface area contributed by atoms with Gasteiger partial charge in [-0.25, -0.2) is 0 Å². The van der Waals surface area contributed by atoms with Gasteiger partial charge >= 0.3 is 0 Å². The van der Waals surface area contributed by atoms with Gasteiger partial charge in [0.2, 0.25) is 5.91 Å². The molecule has 0 saturated heterocycles. The summed E-state index contributed by atoms with van der Waals surface area (Å²) in [6, 6.07) is 6.74. The number of amides is 2. The normalized spacial score (nSPS) is 19.4. The van der Waals surface area contributed by atoms with Crippen molar-refractivity contribution in [2.75, 3.05) is 6.54 Å². The van der Waals surface area contributed by atoms with Gasteiger partial charge in [-0.05, 0) is 18.2 Å². The van der Waals surface area contributed by atoms with E-state index in [1.807, 2.05) is 0 Å². The molecule has 1 heterocycles. The maximum absolute atomic E-state index is 11.9. The quantitative estimate of drug-likeness (QED) is 0.794. The summed E-state index contributed by atoms with van der Waals surface area (Å²) in [5.74, 6) is -1.57. The molecular weight excluding hydrogens is 254 g/mol. The number of halogens is 1. The number of carbonyl (C=O) groups excluding carboxylic acids is 2.